The van der Waals surface area contributed by atoms with Gasteiger partial charge in [-0.05, 0) is 116 Å². The molecule has 55 heavy (non-hydrogen) atoms. The van der Waals surface area contributed by atoms with Crippen LogP contribution < -0.4 is 5.32 Å². The zero-order valence-corrected chi connectivity index (χ0v) is 32.7. The maximum absolute atomic E-state index is 15.0. The Morgan fingerprint density at radius 1 is 0.873 bits per heavy atom. The summed E-state index contributed by atoms with van der Waals surface area (Å²) in [6.45, 7) is 4.92. The van der Waals surface area contributed by atoms with Crippen LogP contribution in [0.3, 0.4) is 0 Å². The van der Waals surface area contributed by atoms with Crippen molar-refractivity contribution in [3.05, 3.63) is 159 Å². The lowest BCUT2D eigenvalue weighted by atomic mass is 9.64. The van der Waals surface area contributed by atoms with E-state index >= 15 is 4.79 Å². The Hall–Kier alpha value is -4.82. The molecule has 5 aromatic rings. The Labute approximate surface area is 329 Å². The second-order valence-electron chi connectivity index (χ2n) is 15.7. The fourth-order valence-electron chi connectivity index (χ4n) is 8.88. The van der Waals surface area contributed by atoms with Gasteiger partial charge in [-0.15, -0.1) is 11.3 Å². The number of urea groups is 1. The molecular formula is C48H52N2O4S. The minimum absolute atomic E-state index is 0.0637. The van der Waals surface area contributed by atoms with Crippen molar-refractivity contribution in [1.82, 2.24) is 4.90 Å². The van der Waals surface area contributed by atoms with Crippen LogP contribution in [0.2, 0.25) is 0 Å². The average Bonchev–Trinajstić information content (AvgIpc) is 3.81. The van der Waals surface area contributed by atoms with Gasteiger partial charge in [-0.3, -0.25) is 4.79 Å². The van der Waals surface area contributed by atoms with Crippen LogP contribution in [0.4, 0.5) is 10.5 Å². The second kappa shape index (κ2) is 16.9. The second-order valence-corrected chi connectivity index (χ2v) is 16.8. The minimum atomic E-state index is -1.24. The predicted molar refractivity (Wildman–Crippen MR) is 224 cm³/mol. The smallest absolute Gasteiger partial charge is 0.321 e. The molecule has 4 atom stereocenters. The fourth-order valence-corrected chi connectivity index (χ4v) is 9.58. The lowest BCUT2D eigenvalue weighted by molar-refractivity contribution is -0.0762. The highest BCUT2D eigenvalue weighted by Gasteiger charge is 2.57. The Kier molecular flexibility index (Phi) is 11.8. The summed E-state index contributed by atoms with van der Waals surface area (Å²) >= 11 is 1.67. The van der Waals surface area contributed by atoms with E-state index in [-0.39, 0.29) is 24.3 Å². The predicted octanol–water partition coefficient (Wildman–Crippen LogP) is 10.5. The zero-order chi connectivity index (χ0) is 38.4. The molecule has 1 fully saturated rings. The highest BCUT2D eigenvalue weighted by molar-refractivity contribution is 7.09. The van der Waals surface area contributed by atoms with Gasteiger partial charge < -0.3 is 20.4 Å². The van der Waals surface area contributed by atoms with Crippen molar-refractivity contribution in [2.75, 3.05) is 18.4 Å². The molecule has 6 nitrogen and oxygen atoms in total. The number of allylic oxidation sites excluding steroid dienone is 2. The van der Waals surface area contributed by atoms with Crippen molar-refractivity contribution in [2.24, 2.45) is 5.41 Å². The number of hydrogen-bond donors (Lipinski definition) is 3. The summed E-state index contributed by atoms with van der Waals surface area (Å²) in [5.74, 6) is -0.224. The molecule has 8 rings (SSSR count). The van der Waals surface area contributed by atoms with Gasteiger partial charge >= 0.3 is 6.03 Å². The third kappa shape index (κ3) is 8.55. The number of aliphatic hydroxyl groups excluding tert-OH is 1. The van der Waals surface area contributed by atoms with E-state index in [4.69, 9.17) is 0 Å². The lowest BCUT2D eigenvalue weighted by Crippen LogP contribution is -2.54. The number of aliphatic hydroxyl groups is 2. The zero-order valence-electron chi connectivity index (χ0n) is 31.9. The monoisotopic (exact) mass is 752 g/mol. The van der Waals surface area contributed by atoms with Crippen molar-refractivity contribution in [3.8, 4) is 11.1 Å². The van der Waals surface area contributed by atoms with Crippen LogP contribution in [0.5, 0.6) is 0 Å². The van der Waals surface area contributed by atoms with Crippen molar-refractivity contribution < 1.29 is 19.8 Å². The first-order valence-electron chi connectivity index (χ1n) is 19.6. The van der Waals surface area contributed by atoms with Crippen LogP contribution in [0, 0.1) is 5.41 Å². The molecule has 0 spiro atoms. The molecular weight excluding hydrogens is 701 g/mol. The van der Waals surface area contributed by atoms with Crippen molar-refractivity contribution >= 4 is 28.8 Å². The Bertz CT molecular complexity index is 2110. The topological polar surface area (TPSA) is 89.9 Å². The van der Waals surface area contributed by atoms with E-state index in [1.54, 1.807) is 16.2 Å². The van der Waals surface area contributed by atoms with Crippen LogP contribution in [-0.4, -0.2) is 51.7 Å². The molecule has 3 aliphatic rings. The Balaban J connectivity index is 1.30. The third-order valence-electron chi connectivity index (χ3n) is 12.1. The van der Waals surface area contributed by atoms with Gasteiger partial charge in [-0.2, -0.15) is 0 Å². The van der Waals surface area contributed by atoms with E-state index in [2.05, 4.69) is 43.4 Å². The molecule has 1 saturated carbocycles. The molecule has 2 bridgehead atoms. The Morgan fingerprint density at radius 2 is 1.62 bits per heavy atom. The average molecular weight is 753 g/mol. The van der Waals surface area contributed by atoms with E-state index in [0.29, 0.717) is 61.9 Å². The summed E-state index contributed by atoms with van der Waals surface area (Å²) in [6.07, 6.45) is 6.82. The molecule has 4 unspecified atom stereocenters. The molecule has 0 saturated heterocycles. The SMILES string of the molecule is CC1=CCCC2(C)C(CCC2(O)CN(CCc2cccs2)C(=O)Nc2ccccc2)c2ccc(cc2C(=O)c2ccccc2-c2ccccc2)CC(O)CC1. The molecule has 2 amide bonds. The summed E-state index contributed by atoms with van der Waals surface area (Å²) in [7, 11) is 0. The summed E-state index contributed by atoms with van der Waals surface area (Å²) in [5, 5.41) is 29.4. The van der Waals surface area contributed by atoms with Gasteiger partial charge in [0.1, 0.15) is 0 Å². The van der Waals surface area contributed by atoms with Gasteiger partial charge in [0, 0.05) is 33.7 Å². The molecule has 0 aliphatic heterocycles. The number of thiophene rings is 1. The van der Waals surface area contributed by atoms with Gasteiger partial charge in [0.25, 0.3) is 0 Å². The lowest BCUT2D eigenvalue weighted by Gasteiger charge is -2.46. The van der Waals surface area contributed by atoms with Gasteiger partial charge in [0.2, 0.25) is 0 Å². The Morgan fingerprint density at radius 3 is 2.38 bits per heavy atom. The molecule has 1 heterocycles. The summed E-state index contributed by atoms with van der Waals surface area (Å²) in [5.41, 5.74) is 4.93. The first kappa shape index (κ1) is 38.5. The first-order chi connectivity index (χ1) is 26.6. The van der Waals surface area contributed by atoms with E-state index in [1.165, 1.54) is 10.5 Å². The molecule has 3 N–H and O–H groups in total. The van der Waals surface area contributed by atoms with E-state index in [9.17, 15) is 15.0 Å². The summed E-state index contributed by atoms with van der Waals surface area (Å²) in [4.78, 5) is 32.1. The highest BCUT2D eigenvalue weighted by atomic mass is 32.1. The molecule has 284 valence electrons. The van der Waals surface area contributed by atoms with Crippen LogP contribution in [0.15, 0.2) is 132 Å². The number of benzene rings is 4. The molecule has 7 heteroatoms. The number of para-hydroxylation sites is 1. The quantitative estimate of drug-likeness (QED) is 0.103. The van der Waals surface area contributed by atoms with Gasteiger partial charge in [-0.1, -0.05) is 110 Å². The number of nitrogens with zero attached hydrogens (tertiary/aromatic N) is 1. The van der Waals surface area contributed by atoms with E-state index in [1.807, 2.05) is 102 Å². The van der Waals surface area contributed by atoms with Crippen molar-refractivity contribution in [2.45, 2.75) is 82.8 Å². The summed E-state index contributed by atoms with van der Waals surface area (Å²) in [6, 6.07) is 37.3. The number of carbonyl (C=O) groups is 2. The molecule has 1 aromatic heterocycles. The van der Waals surface area contributed by atoms with Crippen LogP contribution in [0.25, 0.3) is 11.1 Å². The van der Waals surface area contributed by atoms with Gasteiger partial charge in [-0.25, -0.2) is 4.79 Å². The molecule has 3 aliphatic carbocycles. The van der Waals surface area contributed by atoms with Crippen LogP contribution in [0.1, 0.15) is 90.2 Å². The largest absolute Gasteiger partial charge is 0.393 e. The van der Waals surface area contributed by atoms with Crippen molar-refractivity contribution in [1.29, 1.82) is 0 Å². The number of fused-ring (bicyclic) bond motifs is 8. The number of ketones is 1. The maximum Gasteiger partial charge on any atom is 0.321 e. The molecule has 0 radical (unpaired) electrons. The molecule has 4 aromatic carbocycles. The number of carbonyl (C=O) groups excluding carboxylic acids is 2. The van der Waals surface area contributed by atoms with E-state index < -0.39 is 17.1 Å². The van der Waals surface area contributed by atoms with Crippen LogP contribution >= 0.6 is 11.3 Å². The number of hydrogen-bond acceptors (Lipinski definition) is 5. The standard InChI is InChI=1S/C48H52N2O4S/c1-34-13-11-27-47(2)44(25-28-48(47,54)33-50(29-26-39-18-12-30-55-39)46(53)49-37-16-7-4-8-17-37)41-24-22-35(31-38(51)23-21-34)32-43(41)45(52)42-20-10-9-19-40(42)36-14-5-3-6-15-36/h3-10,12-20,22,24,30,32,38,44,51,54H,11,21,23,25-29,31,33H2,1-2H3,(H,49,53). The van der Waals surface area contributed by atoms with Gasteiger partial charge in [0.05, 0.1) is 18.2 Å². The van der Waals surface area contributed by atoms with Gasteiger partial charge in [0.15, 0.2) is 5.78 Å². The van der Waals surface area contributed by atoms with Crippen molar-refractivity contribution in [3.63, 3.8) is 0 Å². The minimum Gasteiger partial charge on any atom is -0.393 e. The van der Waals surface area contributed by atoms with E-state index in [0.717, 1.165) is 35.1 Å². The number of nitrogens with one attached hydrogen (secondary N) is 1. The first-order valence-corrected chi connectivity index (χ1v) is 20.5. The third-order valence-corrected chi connectivity index (χ3v) is 13.1. The summed E-state index contributed by atoms with van der Waals surface area (Å²) < 4.78 is 0. The fraction of sp³-hybridized carbons (Fsp3) is 0.333. The number of anilines is 1. The van der Waals surface area contributed by atoms with Crippen LogP contribution in [-0.2, 0) is 12.8 Å². The number of amides is 2. The highest BCUT2D eigenvalue weighted by Crippen LogP contribution is 2.59. The normalized spacial score (nSPS) is 22.7. The number of rotatable bonds is 9. The maximum atomic E-state index is 15.0.